The largest absolute Gasteiger partial charge is 0.310 e. The molecule has 0 aliphatic carbocycles. The van der Waals surface area contributed by atoms with Crippen LogP contribution in [-0.2, 0) is 13.6 Å². The van der Waals surface area contributed by atoms with Crippen molar-refractivity contribution in [3.63, 3.8) is 0 Å². The van der Waals surface area contributed by atoms with Crippen LogP contribution in [-0.4, -0.2) is 20.8 Å². The minimum absolute atomic E-state index is 0.563. The molecule has 2 heterocycles. The number of rotatable bonds is 8. The molecule has 0 fully saturated rings. The van der Waals surface area contributed by atoms with Crippen LogP contribution in [0.3, 0.4) is 0 Å². The number of aryl methyl sites for hydroxylation is 2. The second-order valence-electron chi connectivity index (χ2n) is 6.06. The van der Waals surface area contributed by atoms with E-state index in [0.717, 1.165) is 23.3 Å². The third-order valence-electron chi connectivity index (χ3n) is 4.06. The highest BCUT2D eigenvalue weighted by molar-refractivity contribution is 5.78. The predicted octanol–water partition coefficient (Wildman–Crippen LogP) is 3.73. The van der Waals surface area contributed by atoms with Gasteiger partial charge in [0.05, 0.1) is 5.69 Å². The molecule has 0 saturated heterocycles. The summed E-state index contributed by atoms with van der Waals surface area (Å²) in [5.74, 6) is 0. The quantitative estimate of drug-likeness (QED) is 0.753. The first-order chi connectivity index (χ1) is 10.1. The van der Waals surface area contributed by atoms with E-state index in [4.69, 9.17) is 0 Å². The van der Waals surface area contributed by atoms with Crippen molar-refractivity contribution >= 4 is 11.0 Å². The van der Waals surface area contributed by atoms with E-state index in [1.807, 2.05) is 24.9 Å². The zero-order valence-electron chi connectivity index (χ0n) is 13.8. The average Bonchev–Trinajstić information content (AvgIpc) is 2.76. The first-order valence-corrected chi connectivity index (χ1v) is 8.13. The van der Waals surface area contributed by atoms with Crippen molar-refractivity contribution in [2.24, 2.45) is 7.05 Å². The monoisotopic (exact) mass is 288 g/mol. The lowest BCUT2D eigenvalue weighted by atomic mass is 10.1. The van der Waals surface area contributed by atoms with Crippen LogP contribution in [0.15, 0.2) is 12.3 Å². The summed E-state index contributed by atoms with van der Waals surface area (Å²) < 4.78 is 1.85. The normalized spacial score (nSPS) is 13.0. The molecule has 4 nitrogen and oxygen atoms in total. The van der Waals surface area contributed by atoms with Gasteiger partial charge in [-0.3, -0.25) is 4.68 Å². The van der Waals surface area contributed by atoms with Crippen LogP contribution in [0.5, 0.6) is 0 Å². The highest BCUT2D eigenvalue weighted by Crippen LogP contribution is 2.16. The molecule has 2 aromatic heterocycles. The molecule has 1 N–H and O–H groups in total. The summed E-state index contributed by atoms with van der Waals surface area (Å²) in [6.07, 6.45) is 8.54. The Morgan fingerprint density at radius 1 is 1.29 bits per heavy atom. The van der Waals surface area contributed by atoms with Gasteiger partial charge in [-0.05, 0) is 31.9 Å². The average molecular weight is 288 g/mol. The molecule has 1 unspecified atom stereocenters. The lowest BCUT2D eigenvalue weighted by Crippen LogP contribution is -2.25. The topological polar surface area (TPSA) is 42.7 Å². The molecule has 1 atom stereocenters. The molecule has 0 amide bonds. The van der Waals surface area contributed by atoms with Crippen LogP contribution in [0.1, 0.15) is 57.2 Å². The second kappa shape index (κ2) is 7.55. The molecule has 0 aliphatic heterocycles. The van der Waals surface area contributed by atoms with Gasteiger partial charge < -0.3 is 5.32 Å². The molecule has 2 aromatic rings. The summed E-state index contributed by atoms with van der Waals surface area (Å²) in [4.78, 5) is 4.53. The Bertz CT molecular complexity index is 573. The van der Waals surface area contributed by atoms with Crippen LogP contribution >= 0.6 is 0 Å². The lowest BCUT2D eigenvalue weighted by molar-refractivity contribution is 0.482. The van der Waals surface area contributed by atoms with Crippen LogP contribution in [0, 0.1) is 6.92 Å². The number of hydrogen-bond donors (Lipinski definition) is 1. The highest BCUT2D eigenvalue weighted by Gasteiger charge is 2.08. The van der Waals surface area contributed by atoms with Gasteiger partial charge in [-0.15, -0.1) is 0 Å². The zero-order chi connectivity index (χ0) is 15.2. The summed E-state index contributed by atoms with van der Waals surface area (Å²) in [6.45, 7) is 7.45. The fraction of sp³-hybridized carbons (Fsp3) is 0.647. The molecule has 0 spiro atoms. The highest BCUT2D eigenvalue weighted by atomic mass is 15.3. The molecular formula is C17H28N4. The van der Waals surface area contributed by atoms with E-state index >= 15 is 0 Å². The molecule has 0 aliphatic rings. The molecule has 2 rings (SSSR count). The standard InChI is InChI=1S/C17H28N4/c1-5-6-7-8-9-13(2)18-11-15-10-16-14(3)20-21(4)17(16)19-12-15/h10,12-13,18H,5-9,11H2,1-4H3. The zero-order valence-corrected chi connectivity index (χ0v) is 13.8. The summed E-state index contributed by atoms with van der Waals surface area (Å²) in [6, 6.07) is 2.77. The van der Waals surface area contributed by atoms with Crippen LogP contribution in [0.2, 0.25) is 0 Å². The third-order valence-corrected chi connectivity index (χ3v) is 4.06. The lowest BCUT2D eigenvalue weighted by Gasteiger charge is -2.13. The molecule has 0 saturated carbocycles. The number of unbranched alkanes of at least 4 members (excludes halogenated alkanes) is 3. The Morgan fingerprint density at radius 3 is 2.86 bits per heavy atom. The smallest absolute Gasteiger partial charge is 0.157 e. The summed E-state index contributed by atoms with van der Waals surface area (Å²) in [7, 11) is 1.94. The SMILES string of the molecule is CCCCCCC(C)NCc1cnc2c(c1)c(C)nn2C. The maximum absolute atomic E-state index is 4.53. The number of nitrogens with zero attached hydrogens (tertiary/aromatic N) is 3. The third kappa shape index (κ3) is 4.27. The Kier molecular flexibility index (Phi) is 5.74. The van der Waals surface area contributed by atoms with Crippen molar-refractivity contribution < 1.29 is 0 Å². The first-order valence-electron chi connectivity index (χ1n) is 8.13. The van der Waals surface area contributed by atoms with Crippen molar-refractivity contribution in [2.45, 2.75) is 65.5 Å². The van der Waals surface area contributed by atoms with E-state index in [9.17, 15) is 0 Å². The van der Waals surface area contributed by atoms with Gasteiger partial charge >= 0.3 is 0 Å². The van der Waals surface area contributed by atoms with E-state index in [1.165, 1.54) is 37.7 Å². The van der Waals surface area contributed by atoms with Gasteiger partial charge in [0, 0.05) is 31.2 Å². The van der Waals surface area contributed by atoms with E-state index in [0.29, 0.717) is 6.04 Å². The number of nitrogens with one attached hydrogen (secondary N) is 1. The van der Waals surface area contributed by atoms with Crippen LogP contribution in [0.25, 0.3) is 11.0 Å². The molecule has 116 valence electrons. The van der Waals surface area contributed by atoms with Crippen molar-refractivity contribution in [1.29, 1.82) is 0 Å². The van der Waals surface area contributed by atoms with Gasteiger partial charge in [-0.1, -0.05) is 32.6 Å². The van der Waals surface area contributed by atoms with Crippen LogP contribution in [0.4, 0.5) is 0 Å². The van der Waals surface area contributed by atoms with Gasteiger partial charge in [-0.2, -0.15) is 5.10 Å². The molecule has 0 radical (unpaired) electrons. The Morgan fingerprint density at radius 2 is 2.10 bits per heavy atom. The molecular weight excluding hydrogens is 260 g/mol. The van der Waals surface area contributed by atoms with Gasteiger partial charge in [0.2, 0.25) is 0 Å². The van der Waals surface area contributed by atoms with E-state index < -0.39 is 0 Å². The minimum Gasteiger partial charge on any atom is -0.310 e. The molecule has 0 aromatic carbocycles. The fourth-order valence-electron chi connectivity index (χ4n) is 2.72. The fourth-order valence-corrected chi connectivity index (χ4v) is 2.72. The minimum atomic E-state index is 0.563. The number of hydrogen-bond acceptors (Lipinski definition) is 3. The Labute approximate surface area is 128 Å². The summed E-state index contributed by atoms with van der Waals surface area (Å²) in [5, 5.41) is 9.18. The number of pyridine rings is 1. The van der Waals surface area contributed by atoms with Gasteiger partial charge in [0.25, 0.3) is 0 Å². The maximum Gasteiger partial charge on any atom is 0.157 e. The molecule has 4 heteroatoms. The van der Waals surface area contributed by atoms with E-state index in [2.05, 4.69) is 35.3 Å². The van der Waals surface area contributed by atoms with Crippen molar-refractivity contribution in [1.82, 2.24) is 20.1 Å². The van der Waals surface area contributed by atoms with Crippen molar-refractivity contribution in [3.8, 4) is 0 Å². The summed E-state index contributed by atoms with van der Waals surface area (Å²) in [5.41, 5.74) is 3.25. The van der Waals surface area contributed by atoms with Gasteiger partial charge in [-0.25, -0.2) is 4.98 Å². The Hall–Kier alpha value is -1.42. The number of fused-ring (bicyclic) bond motifs is 1. The van der Waals surface area contributed by atoms with Crippen molar-refractivity contribution in [2.75, 3.05) is 0 Å². The predicted molar refractivity (Wildman–Crippen MR) is 88.3 cm³/mol. The second-order valence-corrected chi connectivity index (χ2v) is 6.06. The van der Waals surface area contributed by atoms with Gasteiger partial charge in [0.15, 0.2) is 5.65 Å². The van der Waals surface area contributed by atoms with Crippen molar-refractivity contribution in [3.05, 3.63) is 23.5 Å². The van der Waals surface area contributed by atoms with E-state index in [-0.39, 0.29) is 0 Å². The molecule has 21 heavy (non-hydrogen) atoms. The maximum atomic E-state index is 4.53. The van der Waals surface area contributed by atoms with Gasteiger partial charge in [0.1, 0.15) is 0 Å². The summed E-state index contributed by atoms with van der Waals surface area (Å²) >= 11 is 0. The number of aromatic nitrogens is 3. The van der Waals surface area contributed by atoms with Crippen LogP contribution < -0.4 is 5.32 Å². The van der Waals surface area contributed by atoms with E-state index in [1.54, 1.807) is 0 Å². The first kappa shape index (κ1) is 16.0. The Balaban J connectivity index is 1.87. The molecule has 0 bridgehead atoms.